The summed E-state index contributed by atoms with van der Waals surface area (Å²) in [6.45, 7) is 1.91. The number of aryl methyl sites for hydroxylation is 1. The van der Waals surface area contributed by atoms with E-state index in [4.69, 9.17) is 0 Å². The number of nitro groups is 1. The Morgan fingerprint density at radius 1 is 1.18 bits per heavy atom. The van der Waals surface area contributed by atoms with Gasteiger partial charge in [0.2, 0.25) is 0 Å². The van der Waals surface area contributed by atoms with Crippen LogP contribution in [0.2, 0.25) is 0 Å². The summed E-state index contributed by atoms with van der Waals surface area (Å²) >= 11 is 0. The first-order chi connectivity index (χ1) is 10.6. The van der Waals surface area contributed by atoms with E-state index in [0.29, 0.717) is 16.6 Å². The normalized spacial score (nSPS) is 11.3. The molecule has 0 saturated carbocycles. The lowest BCUT2D eigenvalue weighted by Crippen LogP contribution is -1.86. The van der Waals surface area contributed by atoms with Gasteiger partial charge in [0, 0.05) is 12.1 Å². The lowest BCUT2D eigenvalue weighted by molar-refractivity contribution is -0.384. The number of fused-ring (bicyclic) bond motifs is 1. The van der Waals surface area contributed by atoms with Gasteiger partial charge in [-0.05, 0) is 24.6 Å². The van der Waals surface area contributed by atoms with Crippen LogP contribution in [0.1, 0.15) is 5.56 Å². The third-order valence-electron chi connectivity index (χ3n) is 3.32. The minimum atomic E-state index is -0.513. The number of hydrogen-bond acceptors (Lipinski definition) is 5. The Balaban J connectivity index is 2.03. The Kier molecular flexibility index (Phi) is 3.30. The van der Waals surface area contributed by atoms with E-state index < -0.39 is 4.92 Å². The number of H-pyrrole nitrogens is 1. The minimum absolute atomic E-state index is 0.0933. The number of rotatable bonds is 3. The molecule has 2 N–H and O–H groups in total. The topological polar surface area (TPSA) is 104 Å². The molecule has 0 atom stereocenters. The SMILES string of the molecule is Cc1ccccc1N=Nc1[nH]c2ccc([N+](=O)[O-])cc2c1O. The molecule has 1 heterocycles. The highest BCUT2D eigenvalue weighted by Gasteiger charge is 2.14. The molecule has 0 saturated heterocycles. The molecule has 1 aromatic heterocycles. The number of nitro benzene ring substituents is 1. The summed E-state index contributed by atoms with van der Waals surface area (Å²) < 4.78 is 0. The number of non-ortho nitro benzene ring substituents is 1. The average molecular weight is 296 g/mol. The Morgan fingerprint density at radius 2 is 1.95 bits per heavy atom. The highest BCUT2D eigenvalue weighted by atomic mass is 16.6. The predicted molar refractivity (Wildman–Crippen MR) is 82.0 cm³/mol. The summed E-state index contributed by atoms with van der Waals surface area (Å²) in [4.78, 5) is 13.2. The second kappa shape index (κ2) is 5.28. The smallest absolute Gasteiger partial charge is 0.270 e. The van der Waals surface area contributed by atoms with Crippen molar-refractivity contribution in [2.45, 2.75) is 6.92 Å². The summed E-state index contributed by atoms with van der Waals surface area (Å²) in [6, 6.07) is 11.6. The predicted octanol–water partition coefficient (Wildman–Crippen LogP) is 4.51. The highest BCUT2D eigenvalue weighted by molar-refractivity contribution is 5.92. The van der Waals surface area contributed by atoms with Crippen molar-refractivity contribution in [3.8, 4) is 5.75 Å². The number of hydrogen-bond donors (Lipinski definition) is 2. The lowest BCUT2D eigenvalue weighted by atomic mass is 10.2. The molecule has 0 aliphatic heterocycles. The molecule has 0 unspecified atom stereocenters. The van der Waals surface area contributed by atoms with Crippen LogP contribution in [0.15, 0.2) is 52.7 Å². The zero-order valence-electron chi connectivity index (χ0n) is 11.6. The Bertz CT molecular complexity index is 899. The number of nitrogens with zero attached hydrogens (tertiary/aromatic N) is 3. The molecule has 3 aromatic rings. The maximum atomic E-state index is 10.8. The molecule has 0 amide bonds. The first-order valence-corrected chi connectivity index (χ1v) is 6.52. The Labute approximate surface area is 125 Å². The third kappa shape index (κ3) is 2.39. The van der Waals surface area contributed by atoms with Crippen LogP contribution in [-0.2, 0) is 0 Å². The van der Waals surface area contributed by atoms with Crippen LogP contribution < -0.4 is 0 Å². The maximum absolute atomic E-state index is 10.8. The summed E-state index contributed by atoms with van der Waals surface area (Å²) in [6.07, 6.45) is 0. The van der Waals surface area contributed by atoms with Gasteiger partial charge in [-0.3, -0.25) is 10.1 Å². The molecule has 0 fully saturated rings. The third-order valence-corrected chi connectivity index (χ3v) is 3.32. The fraction of sp³-hybridized carbons (Fsp3) is 0.0667. The number of aromatic hydroxyl groups is 1. The van der Waals surface area contributed by atoms with Crippen LogP contribution in [-0.4, -0.2) is 15.0 Å². The van der Waals surface area contributed by atoms with E-state index in [1.54, 1.807) is 0 Å². The van der Waals surface area contributed by atoms with Gasteiger partial charge in [0.05, 0.1) is 21.5 Å². The first kappa shape index (κ1) is 13.7. The Hall–Kier alpha value is -3.22. The van der Waals surface area contributed by atoms with Gasteiger partial charge in [-0.1, -0.05) is 18.2 Å². The van der Waals surface area contributed by atoms with Gasteiger partial charge in [-0.25, -0.2) is 0 Å². The van der Waals surface area contributed by atoms with Crippen LogP contribution in [0.25, 0.3) is 10.9 Å². The Morgan fingerprint density at radius 3 is 2.68 bits per heavy atom. The van der Waals surface area contributed by atoms with Crippen molar-refractivity contribution in [2.24, 2.45) is 10.2 Å². The van der Waals surface area contributed by atoms with Gasteiger partial charge in [-0.2, -0.15) is 0 Å². The van der Waals surface area contributed by atoms with Crippen molar-refractivity contribution in [2.75, 3.05) is 0 Å². The number of aromatic amines is 1. The zero-order valence-corrected chi connectivity index (χ0v) is 11.6. The van der Waals surface area contributed by atoms with Gasteiger partial charge in [-0.15, -0.1) is 10.2 Å². The molecule has 3 rings (SSSR count). The lowest BCUT2D eigenvalue weighted by Gasteiger charge is -1.96. The van der Waals surface area contributed by atoms with E-state index in [0.717, 1.165) is 5.56 Å². The van der Waals surface area contributed by atoms with Crippen molar-refractivity contribution in [1.82, 2.24) is 4.98 Å². The molecule has 0 aliphatic carbocycles. The van der Waals surface area contributed by atoms with Crippen LogP contribution in [0.4, 0.5) is 17.2 Å². The molecular formula is C15H12N4O3. The highest BCUT2D eigenvalue weighted by Crippen LogP contribution is 2.37. The molecular weight excluding hydrogens is 284 g/mol. The molecule has 22 heavy (non-hydrogen) atoms. The van der Waals surface area contributed by atoms with Crippen molar-refractivity contribution in [3.63, 3.8) is 0 Å². The van der Waals surface area contributed by atoms with Gasteiger partial charge < -0.3 is 10.1 Å². The number of aromatic nitrogens is 1. The van der Waals surface area contributed by atoms with Crippen LogP contribution in [0.5, 0.6) is 5.75 Å². The summed E-state index contributed by atoms with van der Waals surface area (Å²) in [5.74, 6) is 0.00906. The average Bonchev–Trinajstić information content (AvgIpc) is 2.82. The van der Waals surface area contributed by atoms with E-state index in [-0.39, 0.29) is 17.3 Å². The molecule has 0 aliphatic rings. The molecule has 0 spiro atoms. The second-order valence-corrected chi connectivity index (χ2v) is 4.80. The fourth-order valence-corrected chi connectivity index (χ4v) is 2.12. The van der Waals surface area contributed by atoms with E-state index in [1.165, 1.54) is 18.2 Å². The monoisotopic (exact) mass is 296 g/mol. The van der Waals surface area contributed by atoms with Gasteiger partial charge in [0.25, 0.3) is 5.69 Å². The minimum Gasteiger partial charge on any atom is -0.504 e. The summed E-state index contributed by atoms with van der Waals surface area (Å²) in [5.41, 5.74) is 2.11. The molecule has 0 radical (unpaired) electrons. The van der Waals surface area contributed by atoms with Crippen molar-refractivity contribution in [1.29, 1.82) is 0 Å². The van der Waals surface area contributed by atoms with Crippen LogP contribution in [0, 0.1) is 17.0 Å². The zero-order chi connectivity index (χ0) is 15.7. The molecule has 7 nitrogen and oxygen atoms in total. The van der Waals surface area contributed by atoms with E-state index in [1.807, 2.05) is 31.2 Å². The maximum Gasteiger partial charge on any atom is 0.270 e. The van der Waals surface area contributed by atoms with Gasteiger partial charge in [0.1, 0.15) is 0 Å². The molecule has 110 valence electrons. The van der Waals surface area contributed by atoms with Crippen molar-refractivity contribution >= 4 is 28.1 Å². The van der Waals surface area contributed by atoms with Gasteiger partial charge >= 0.3 is 0 Å². The number of nitrogens with one attached hydrogen (secondary N) is 1. The van der Waals surface area contributed by atoms with Crippen LogP contribution >= 0.6 is 0 Å². The number of azo groups is 1. The summed E-state index contributed by atoms with van der Waals surface area (Å²) in [5, 5.41) is 29.3. The van der Waals surface area contributed by atoms with Crippen molar-refractivity contribution in [3.05, 3.63) is 58.1 Å². The van der Waals surface area contributed by atoms with Gasteiger partial charge in [0.15, 0.2) is 11.6 Å². The second-order valence-electron chi connectivity index (χ2n) is 4.80. The van der Waals surface area contributed by atoms with Crippen molar-refractivity contribution < 1.29 is 10.0 Å². The van der Waals surface area contributed by atoms with E-state index in [2.05, 4.69) is 15.2 Å². The van der Waals surface area contributed by atoms with E-state index in [9.17, 15) is 15.2 Å². The van der Waals surface area contributed by atoms with E-state index >= 15 is 0 Å². The first-order valence-electron chi connectivity index (χ1n) is 6.52. The standard InChI is InChI=1S/C15H12N4O3/c1-9-4-2-3-5-12(9)17-18-15-14(20)11-8-10(19(21)22)6-7-13(11)16-15/h2-8,16,20H,1H3. The fourth-order valence-electron chi connectivity index (χ4n) is 2.12. The number of benzene rings is 2. The molecule has 2 aromatic carbocycles. The molecule has 0 bridgehead atoms. The quantitative estimate of drug-likeness (QED) is 0.422. The van der Waals surface area contributed by atoms with Crippen LogP contribution in [0.3, 0.4) is 0 Å². The summed E-state index contributed by atoms with van der Waals surface area (Å²) in [7, 11) is 0. The molecule has 7 heteroatoms. The largest absolute Gasteiger partial charge is 0.504 e.